The molecule has 7 heteroatoms. The normalized spacial score (nSPS) is 22.6. The molecule has 0 saturated carbocycles. The first-order valence-electron chi connectivity index (χ1n) is 9.05. The van der Waals surface area contributed by atoms with Crippen molar-refractivity contribution in [2.45, 2.75) is 32.0 Å². The average molecular weight is 375 g/mol. The predicted molar refractivity (Wildman–Crippen MR) is 99.6 cm³/mol. The lowest BCUT2D eigenvalue weighted by Crippen LogP contribution is -2.47. The van der Waals surface area contributed by atoms with Gasteiger partial charge in [-0.15, -0.1) is 0 Å². The Morgan fingerprint density at radius 2 is 2.07 bits per heavy atom. The van der Waals surface area contributed by atoms with E-state index in [2.05, 4.69) is 12.1 Å². The minimum absolute atomic E-state index is 0.205. The largest absolute Gasteiger partial charge is 0.477 e. The molecular weight excluding hydrogens is 350 g/mol. The molecule has 7 nitrogen and oxygen atoms in total. The lowest BCUT2D eigenvalue weighted by Gasteiger charge is -2.34. The van der Waals surface area contributed by atoms with Crippen molar-refractivity contribution < 1.29 is 28.6 Å². The molecule has 0 spiro atoms. The number of unbranched alkanes of at least 4 members (excludes halogenated alkanes) is 1. The highest BCUT2D eigenvalue weighted by Gasteiger charge is 2.40. The number of furan rings is 1. The molecule has 27 heavy (non-hydrogen) atoms. The zero-order valence-corrected chi connectivity index (χ0v) is 15.4. The number of ether oxygens (including phenoxy) is 2. The molecule has 0 radical (unpaired) electrons. The fraction of sp³-hybridized carbons (Fsp3) is 0.450. The van der Waals surface area contributed by atoms with E-state index >= 15 is 0 Å². The van der Waals surface area contributed by atoms with Crippen LogP contribution in [0.25, 0.3) is 16.7 Å². The van der Waals surface area contributed by atoms with Crippen LogP contribution in [0.1, 0.15) is 31.9 Å². The Kier molecular flexibility index (Phi) is 6.15. The van der Waals surface area contributed by atoms with Gasteiger partial charge in [0.25, 0.3) is 5.79 Å². The number of carboxylic acids is 1. The fourth-order valence-corrected chi connectivity index (χ4v) is 2.86. The van der Waals surface area contributed by atoms with Gasteiger partial charge in [0.1, 0.15) is 5.58 Å². The third kappa shape index (κ3) is 4.88. The van der Waals surface area contributed by atoms with Crippen molar-refractivity contribution in [3.05, 3.63) is 42.7 Å². The van der Waals surface area contributed by atoms with Gasteiger partial charge in [-0.3, -0.25) is 10.3 Å². The van der Waals surface area contributed by atoms with Crippen molar-refractivity contribution in [1.82, 2.24) is 5.48 Å². The summed E-state index contributed by atoms with van der Waals surface area (Å²) in [5.74, 6) is -1.75. The first kappa shape index (κ1) is 19.4. The predicted octanol–water partition coefficient (Wildman–Crippen LogP) is 3.56. The van der Waals surface area contributed by atoms with Crippen molar-refractivity contribution >= 4 is 22.6 Å². The highest BCUT2D eigenvalue weighted by atomic mass is 16.7. The standard InChI is InChI=1S/C20H25NO6/c1-14(18-11-16-8-3-4-9-17(16)27-18)21-26-10-6-5-7-15-12-24-20(2,19(22)23)25-13-15/h3-4,8-9,11,15,21H,1,5-7,10,12-13H2,2H3,(H,22,23). The van der Waals surface area contributed by atoms with Gasteiger partial charge >= 0.3 is 5.97 Å². The second kappa shape index (κ2) is 8.56. The van der Waals surface area contributed by atoms with Gasteiger partial charge in [0.15, 0.2) is 5.76 Å². The lowest BCUT2D eigenvalue weighted by atomic mass is 10.0. The smallest absolute Gasteiger partial charge is 0.364 e. The van der Waals surface area contributed by atoms with Crippen LogP contribution in [0.2, 0.25) is 0 Å². The van der Waals surface area contributed by atoms with Gasteiger partial charge in [-0.05, 0) is 25.0 Å². The van der Waals surface area contributed by atoms with Crippen molar-refractivity contribution in [3.8, 4) is 0 Å². The number of benzene rings is 1. The zero-order chi connectivity index (χ0) is 19.3. The van der Waals surface area contributed by atoms with Gasteiger partial charge < -0.3 is 19.0 Å². The number of hydrogen-bond donors (Lipinski definition) is 2. The minimum Gasteiger partial charge on any atom is -0.477 e. The second-order valence-corrected chi connectivity index (χ2v) is 6.81. The van der Waals surface area contributed by atoms with Gasteiger partial charge in [0, 0.05) is 18.2 Å². The minimum atomic E-state index is -1.51. The molecule has 0 bridgehead atoms. The number of hydrogen-bond acceptors (Lipinski definition) is 6. The van der Waals surface area contributed by atoms with Gasteiger partial charge in [0.2, 0.25) is 0 Å². The van der Waals surface area contributed by atoms with E-state index in [-0.39, 0.29) is 5.92 Å². The maximum Gasteiger partial charge on any atom is 0.364 e. The summed E-state index contributed by atoms with van der Waals surface area (Å²) >= 11 is 0. The Hall–Kier alpha value is -2.35. The summed E-state index contributed by atoms with van der Waals surface area (Å²) in [4.78, 5) is 16.5. The molecule has 0 amide bonds. The number of rotatable bonds is 9. The molecule has 1 saturated heterocycles. The van der Waals surface area contributed by atoms with Crippen molar-refractivity contribution in [3.63, 3.8) is 0 Å². The van der Waals surface area contributed by atoms with Crippen LogP contribution >= 0.6 is 0 Å². The quantitative estimate of drug-likeness (QED) is 0.511. The van der Waals surface area contributed by atoms with Gasteiger partial charge in [-0.2, -0.15) is 0 Å². The van der Waals surface area contributed by atoms with E-state index in [0.717, 1.165) is 30.2 Å². The van der Waals surface area contributed by atoms with Crippen molar-refractivity contribution in [1.29, 1.82) is 0 Å². The summed E-state index contributed by atoms with van der Waals surface area (Å²) in [6, 6.07) is 9.69. The topological polar surface area (TPSA) is 90.2 Å². The van der Waals surface area contributed by atoms with Crippen LogP contribution in [-0.2, 0) is 19.1 Å². The molecule has 0 aliphatic carbocycles. The maximum atomic E-state index is 11.0. The third-order valence-electron chi connectivity index (χ3n) is 4.60. The highest BCUT2D eigenvalue weighted by molar-refractivity contribution is 5.81. The summed E-state index contributed by atoms with van der Waals surface area (Å²) in [7, 11) is 0. The van der Waals surface area contributed by atoms with Crippen LogP contribution in [0.15, 0.2) is 41.3 Å². The Morgan fingerprint density at radius 3 is 2.78 bits per heavy atom. The summed E-state index contributed by atoms with van der Waals surface area (Å²) in [6.07, 6.45) is 2.68. The summed E-state index contributed by atoms with van der Waals surface area (Å²) in [6.45, 7) is 6.67. The van der Waals surface area contributed by atoms with Crippen LogP contribution in [-0.4, -0.2) is 36.7 Å². The van der Waals surface area contributed by atoms with E-state index in [9.17, 15) is 4.79 Å². The van der Waals surface area contributed by atoms with E-state index in [1.807, 2.05) is 30.3 Å². The first-order valence-corrected chi connectivity index (χ1v) is 9.05. The van der Waals surface area contributed by atoms with Crippen molar-refractivity contribution in [2.24, 2.45) is 5.92 Å². The molecule has 0 unspecified atom stereocenters. The molecule has 1 aliphatic rings. The van der Waals surface area contributed by atoms with E-state index in [1.165, 1.54) is 6.92 Å². The van der Waals surface area contributed by atoms with E-state index < -0.39 is 11.8 Å². The maximum absolute atomic E-state index is 11.0. The molecule has 3 rings (SSSR count). The van der Waals surface area contributed by atoms with Gasteiger partial charge in [0.05, 0.1) is 25.5 Å². The molecule has 146 valence electrons. The van der Waals surface area contributed by atoms with Crippen molar-refractivity contribution in [2.75, 3.05) is 19.8 Å². The highest BCUT2D eigenvalue weighted by Crippen LogP contribution is 2.25. The number of para-hydroxylation sites is 1. The summed E-state index contributed by atoms with van der Waals surface area (Å²) in [5.41, 5.74) is 4.21. The molecule has 2 aromatic rings. The Morgan fingerprint density at radius 1 is 1.33 bits per heavy atom. The Labute approximate surface area is 157 Å². The van der Waals surface area contributed by atoms with Crippen LogP contribution in [0.5, 0.6) is 0 Å². The SMILES string of the molecule is C=C(NOCCCCC1COC(C)(C(=O)O)OC1)c1cc2ccccc2o1. The molecule has 0 atom stereocenters. The molecule has 1 aromatic carbocycles. The first-order chi connectivity index (χ1) is 13.0. The zero-order valence-electron chi connectivity index (χ0n) is 15.4. The number of carbonyl (C=O) groups is 1. The monoisotopic (exact) mass is 375 g/mol. The third-order valence-corrected chi connectivity index (χ3v) is 4.60. The van der Waals surface area contributed by atoms with Crippen LogP contribution in [0, 0.1) is 5.92 Å². The van der Waals surface area contributed by atoms with Gasteiger partial charge in [-0.1, -0.05) is 31.2 Å². The van der Waals surface area contributed by atoms with Crippen LogP contribution in [0.3, 0.4) is 0 Å². The molecule has 1 aliphatic heterocycles. The number of fused-ring (bicyclic) bond motifs is 1. The van der Waals surface area contributed by atoms with E-state index in [4.69, 9.17) is 23.8 Å². The summed E-state index contributed by atoms with van der Waals surface area (Å²) < 4.78 is 16.4. The second-order valence-electron chi connectivity index (χ2n) is 6.81. The molecule has 1 fully saturated rings. The molecule has 2 N–H and O–H groups in total. The number of aliphatic carboxylic acids is 1. The van der Waals surface area contributed by atoms with Crippen LogP contribution in [0.4, 0.5) is 0 Å². The van der Waals surface area contributed by atoms with Gasteiger partial charge in [-0.25, -0.2) is 4.79 Å². The summed E-state index contributed by atoms with van der Waals surface area (Å²) in [5, 5.41) is 10.1. The average Bonchev–Trinajstić information content (AvgIpc) is 3.10. The fourth-order valence-electron chi connectivity index (χ4n) is 2.86. The van der Waals surface area contributed by atoms with E-state index in [1.54, 1.807) is 0 Å². The number of nitrogens with one attached hydrogen (secondary N) is 1. The molecule has 2 heterocycles. The van der Waals surface area contributed by atoms with E-state index in [0.29, 0.717) is 31.3 Å². The Balaban J connectivity index is 1.30. The molecule has 1 aromatic heterocycles. The Bertz CT molecular complexity index is 758. The van der Waals surface area contributed by atoms with Crippen LogP contribution < -0.4 is 5.48 Å². The number of carboxylic acid groups (broad SMARTS) is 1. The number of hydroxylamine groups is 1. The molecular formula is C20H25NO6. The lowest BCUT2D eigenvalue weighted by molar-refractivity contribution is -0.271.